The Labute approximate surface area is 122 Å². The van der Waals surface area contributed by atoms with E-state index < -0.39 is 0 Å². The molecule has 112 valence electrons. The van der Waals surface area contributed by atoms with Crippen molar-refractivity contribution < 1.29 is 9.68 Å². The number of nitrogens with zero attached hydrogens (tertiary/aromatic N) is 1. The average molecular weight is 277 g/mol. The summed E-state index contributed by atoms with van der Waals surface area (Å²) in [6.07, 6.45) is 8.02. The molecule has 1 aromatic rings. The van der Waals surface area contributed by atoms with Crippen molar-refractivity contribution in [2.45, 2.75) is 71.5 Å². The van der Waals surface area contributed by atoms with Gasteiger partial charge in [0.05, 0.1) is 5.69 Å². The lowest BCUT2D eigenvalue weighted by atomic mass is 10.1. The Morgan fingerprint density at radius 2 is 1.50 bits per heavy atom. The molecule has 0 bridgehead atoms. The Morgan fingerprint density at radius 3 is 2.10 bits per heavy atom. The molecule has 0 aliphatic carbocycles. The molecule has 0 N–H and O–H groups in total. The molecule has 1 heterocycles. The number of unbranched alkanes of at least 4 members (excludes halogenated alkanes) is 4. The van der Waals surface area contributed by atoms with E-state index in [1.807, 2.05) is 13.8 Å². The summed E-state index contributed by atoms with van der Waals surface area (Å²) in [7, 11) is 0. The van der Waals surface area contributed by atoms with Gasteiger partial charge in [0.2, 0.25) is 0 Å². The molecule has 1 aliphatic heterocycles. The summed E-state index contributed by atoms with van der Waals surface area (Å²) in [6, 6.07) is 8.50. The third-order valence-electron chi connectivity index (χ3n) is 3.90. The van der Waals surface area contributed by atoms with E-state index in [1.54, 1.807) is 5.23 Å². The highest BCUT2D eigenvalue weighted by atomic mass is 17.0. The van der Waals surface area contributed by atoms with Crippen molar-refractivity contribution in [3.8, 4) is 0 Å². The second-order valence-corrected chi connectivity index (χ2v) is 5.71. The summed E-state index contributed by atoms with van der Waals surface area (Å²) in [5, 5.41) is 1.54. The van der Waals surface area contributed by atoms with Crippen molar-refractivity contribution in [3.05, 3.63) is 29.8 Å². The first kappa shape index (κ1) is 15.3. The maximum absolute atomic E-state index is 5.64. The molecule has 3 nitrogen and oxygen atoms in total. The fourth-order valence-corrected chi connectivity index (χ4v) is 2.34. The van der Waals surface area contributed by atoms with Crippen LogP contribution in [-0.4, -0.2) is 12.2 Å². The second-order valence-electron chi connectivity index (χ2n) is 5.71. The van der Waals surface area contributed by atoms with Crippen LogP contribution in [0.1, 0.15) is 58.4 Å². The number of anilines is 1. The third kappa shape index (κ3) is 4.22. The average Bonchev–Trinajstić information content (AvgIpc) is 2.79. The van der Waals surface area contributed by atoms with Crippen molar-refractivity contribution in [3.63, 3.8) is 0 Å². The van der Waals surface area contributed by atoms with E-state index in [0.717, 1.165) is 5.69 Å². The van der Waals surface area contributed by atoms with Crippen molar-refractivity contribution in [2.24, 2.45) is 0 Å². The Kier molecular flexibility index (Phi) is 5.86. The van der Waals surface area contributed by atoms with Gasteiger partial charge in [0.1, 0.15) is 12.2 Å². The third-order valence-corrected chi connectivity index (χ3v) is 3.90. The number of hydrogen-bond acceptors (Lipinski definition) is 3. The van der Waals surface area contributed by atoms with Gasteiger partial charge in [-0.25, -0.2) is 9.68 Å². The number of hydrogen-bond donors (Lipinski definition) is 0. The normalized spacial score (nSPS) is 22.4. The van der Waals surface area contributed by atoms with Crippen LogP contribution in [0.3, 0.4) is 0 Å². The minimum Gasteiger partial charge on any atom is -0.243 e. The standard InChI is InChI=1S/C17H27NO2/c1-4-5-6-7-8-9-16-10-12-17(13-11-16)18-19-14(2)15(3)20-18/h10-15H,4-9H2,1-3H3. The molecule has 1 saturated heterocycles. The van der Waals surface area contributed by atoms with Crippen LogP contribution in [0, 0.1) is 0 Å². The highest BCUT2D eigenvalue weighted by Gasteiger charge is 2.29. The maximum atomic E-state index is 5.64. The van der Waals surface area contributed by atoms with Crippen LogP contribution in [0.25, 0.3) is 0 Å². The second kappa shape index (κ2) is 7.65. The molecular formula is C17H27NO2. The van der Waals surface area contributed by atoms with E-state index in [1.165, 1.54) is 44.1 Å². The van der Waals surface area contributed by atoms with Gasteiger partial charge in [0.15, 0.2) is 0 Å². The fraction of sp³-hybridized carbons (Fsp3) is 0.647. The summed E-state index contributed by atoms with van der Waals surface area (Å²) < 4.78 is 0. The molecule has 20 heavy (non-hydrogen) atoms. The van der Waals surface area contributed by atoms with Gasteiger partial charge in [0.25, 0.3) is 0 Å². The predicted octanol–water partition coefficient (Wildman–Crippen LogP) is 4.66. The molecule has 3 heteroatoms. The van der Waals surface area contributed by atoms with Crippen molar-refractivity contribution in [1.29, 1.82) is 0 Å². The van der Waals surface area contributed by atoms with Gasteiger partial charge in [-0.15, -0.1) is 5.23 Å². The summed E-state index contributed by atoms with van der Waals surface area (Å²) in [4.78, 5) is 11.3. The summed E-state index contributed by atoms with van der Waals surface area (Å²) >= 11 is 0. The quantitative estimate of drug-likeness (QED) is 0.677. The lowest BCUT2D eigenvalue weighted by molar-refractivity contribution is 0.0000966. The van der Waals surface area contributed by atoms with Crippen LogP contribution in [-0.2, 0) is 16.1 Å². The first-order valence-corrected chi connectivity index (χ1v) is 7.93. The molecule has 0 spiro atoms. The van der Waals surface area contributed by atoms with Gasteiger partial charge in [-0.1, -0.05) is 44.7 Å². The smallest absolute Gasteiger partial charge is 0.114 e. The molecule has 2 atom stereocenters. The van der Waals surface area contributed by atoms with Gasteiger partial charge in [-0.05, 0) is 44.4 Å². The Morgan fingerprint density at radius 1 is 0.900 bits per heavy atom. The topological polar surface area (TPSA) is 21.7 Å². The lowest BCUT2D eigenvalue weighted by Gasteiger charge is -2.15. The van der Waals surface area contributed by atoms with Crippen molar-refractivity contribution in [1.82, 2.24) is 0 Å². The number of aryl methyl sites for hydroxylation is 1. The van der Waals surface area contributed by atoms with E-state index in [0.29, 0.717) is 0 Å². The van der Waals surface area contributed by atoms with E-state index in [9.17, 15) is 0 Å². The van der Waals surface area contributed by atoms with Crippen LogP contribution < -0.4 is 5.23 Å². The first-order valence-electron chi connectivity index (χ1n) is 7.93. The highest BCUT2D eigenvalue weighted by Crippen LogP contribution is 2.25. The fourth-order valence-electron chi connectivity index (χ4n) is 2.34. The summed E-state index contributed by atoms with van der Waals surface area (Å²) in [5.41, 5.74) is 2.36. The van der Waals surface area contributed by atoms with Crippen LogP contribution in [0.4, 0.5) is 5.69 Å². The van der Waals surface area contributed by atoms with E-state index in [2.05, 4.69) is 31.2 Å². The van der Waals surface area contributed by atoms with E-state index in [4.69, 9.17) is 9.68 Å². The molecule has 0 saturated carbocycles. The molecule has 1 aliphatic rings. The summed E-state index contributed by atoms with van der Waals surface area (Å²) in [6.45, 7) is 6.30. The van der Waals surface area contributed by atoms with E-state index in [-0.39, 0.29) is 12.2 Å². The minimum absolute atomic E-state index is 0.105. The molecule has 1 aromatic carbocycles. The molecule has 0 radical (unpaired) electrons. The Hall–Kier alpha value is -1.06. The lowest BCUT2D eigenvalue weighted by Crippen LogP contribution is -2.15. The molecule has 2 rings (SSSR count). The number of benzene rings is 1. The molecule has 0 aromatic heterocycles. The van der Waals surface area contributed by atoms with Gasteiger partial charge in [-0.2, -0.15) is 0 Å². The van der Waals surface area contributed by atoms with Crippen LogP contribution >= 0.6 is 0 Å². The van der Waals surface area contributed by atoms with Crippen LogP contribution in [0.15, 0.2) is 24.3 Å². The Bertz CT molecular complexity index is 380. The van der Waals surface area contributed by atoms with Gasteiger partial charge >= 0.3 is 0 Å². The van der Waals surface area contributed by atoms with Crippen LogP contribution in [0.2, 0.25) is 0 Å². The molecule has 1 fully saturated rings. The minimum atomic E-state index is 0.105. The zero-order chi connectivity index (χ0) is 14.4. The highest BCUT2D eigenvalue weighted by molar-refractivity contribution is 5.43. The monoisotopic (exact) mass is 277 g/mol. The largest absolute Gasteiger partial charge is 0.243 e. The van der Waals surface area contributed by atoms with Crippen molar-refractivity contribution in [2.75, 3.05) is 5.23 Å². The van der Waals surface area contributed by atoms with E-state index >= 15 is 0 Å². The predicted molar refractivity (Wildman–Crippen MR) is 82.5 cm³/mol. The maximum Gasteiger partial charge on any atom is 0.114 e. The molecule has 2 unspecified atom stereocenters. The zero-order valence-electron chi connectivity index (χ0n) is 13.0. The Balaban J connectivity index is 1.78. The molecular weight excluding hydrogens is 250 g/mol. The van der Waals surface area contributed by atoms with Gasteiger partial charge < -0.3 is 0 Å². The number of rotatable bonds is 7. The van der Waals surface area contributed by atoms with Crippen LogP contribution in [0.5, 0.6) is 0 Å². The first-order chi connectivity index (χ1) is 9.70. The van der Waals surface area contributed by atoms with Crippen molar-refractivity contribution >= 4 is 5.69 Å². The van der Waals surface area contributed by atoms with Gasteiger partial charge in [-0.3, -0.25) is 0 Å². The van der Waals surface area contributed by atoms with Gasteiger partial charge in [0, 0.05) is 0 Å². The zero-order valence-corrected chi connectivity index (χ0v) is 13.0. The molecule has 0 amide bonds. The summed E-state index contributed by atoms with van der Waals surface area (Å²) in [5.74, 6) is 0. The SMILES string of the molecule is CCCCCCCc1ccc(N2OC(C)C(C)O2)cc1.